The molecule has 0 amide bonds. The number of hydrogen-bond acceptors (Lipinski definition) is 7. The smallest absolute Gasteiger partial charge is 0.223 e. The predicted molar refractivity (Wildman–Crippen MR) is 132 cm³/mol. The number of aliphatic hydroxyl groups excluding tert-OH is 1. The van der Waals surface area contributed by atoms with E-state index in [9.17, 15) is 0 Å². The van der Waals surface area contributed by atoms with E-state index in [1.807, 2.05) is 24.6 Å². The van der Waals surface area contributed by atoms with Gasteiger partial charge in [-0.05, 0) is 26.5 Å². The third-order valence-corrected chi connectivity index (χ3v) is 4.72. The molecule has 0 fully saturated rings. The molecule has 3 heterocycles. The maximum atomic E-state index is 8.92. The average molecular weight is 484 g/mol. The largest absolute Gasteiger partial charge is 0.496 e. The molecule has 9 nitrogen and oxygen atoms in total. The van der Waals surface area contributed by atoms with Crippen molar-refractivity contribution in [1.29, 1.82) is 0 Å². The van der Waals surface area contributed by atoms with Crippen LogP contribution in [0.25, 0.3) is 11.0 Å². The maximum Gasteiger partial charge on any atom is 0.223 e. The number of nitrogens with two attached hydrogens (primary N) is 1. The Kier molecular flexibility index (Phi) is 12.7. The maximum absolute atomic E-state index is 8.92. The number of ether oxygens (including phenoxy) is 1. The molecule has 0 aromatic carbocycles. The van der Waals surface area contributed by atoms with E-state index in [1.165, 1.54) is 0 Å². The van der Waals surface area contributed by atoms with Crippen LogP contribution in [0.15, 0.2) is 12.4 Å². The Balaban J connectivity index is 0.00000234. The van der Waals surface area contributed by atoms with Gasteiger partial charge in [0.2, 0.25) is 5.95 Å². The molecule has 0 unspecified atom stereocenters. The van der Waals surface area contributed by atoms with E-state index < -0.39 is 0 Å². The molecule has 3 aromatic rings. The lowest BCUT2D eigenvalue weighted by Gasteiger charge is -2.13. The Labute approximate surface area is 198 Å². The highest BCUT2D eigenvalue weighted by atomic mass is 35.5. The molecule has 3 rings (SSSR count). The first-order valence-electron chi connectivity index (χ1n) is 9.31. The zero-order valence-electron chi connectivity index (χ0n) is 18.5. The predicted octanol–water partition coefficient (Wildman–Crippen LogP) is 1.76. The topological polar surface area (TPSA) is 162 Å². The summed E-state index contributed by atoms with van der Waals surface area (Å²) >= 11 is 9.86. The van der Waals surface area contributed by atoms with Gasteiger partial charge in [0.15, 0.2) is 0 Å². The van der Waals surface area contributed by atoms with Crippen LogP contribution in [-0.4, -0.2) is 55.6 Å². The lowest BCUT2D eigenvalue weighted by atomic mass is 10.1. The molecule has 11 heteroatoms. The number of nitrogens with zero attached hydrogens (tertiary/aromatic N) is 4. The number of aliphatic hydroxyl groups is 1. The number of hydrogen-bond donors (Lipinski definition) is 3. The second kappa shape index (κ2) is 13.8. The molecule has 0 atom stereocenters. The molecule has 0 aliphatic heterocycles. The number of fused-ring (bicyclic) bond motifs is 1. The Morgan fingerprint density at radius 2 is 1.94 bits per heavy atom. The second-order valence-electron chi connectivity index (χ2n) is 6.42. The van der Waals surface area contributed by atoms with E-state index in [2.05, 4.69) is 39.4 Å². The van der Waals surface area contributed by atoms with Gasteiger partial charge in [-0.25, -0.2) is 4.98 Å². The quantitative estimate of drug-likeness (QED) is 0.216. The number of halogens is 1. The first-order valence-corrected chi connectivity index (χ1v) is 10.6. The van der Waals surface area contributed by atoms with Crippen LogP contribution in [0.2, 0.25) is 5.15 Å². The molecule has 3 aromatic heterocycles. The molecule has 0 saturated carbocycles. The number of methoxy groups -OCH3 is 1. The third kappa shape index (κ3) is 6.48. The first-order chi connectivity index (χ1) is 14.5. The molecule has 176 valence electrons. The number of anilines is 1. The zero-order chi connectivity index (χ0) is 22.3. The highest BCUT2D eigenvalue weighted by Gasteiger charge is 2.17. The number of unbranched alkanes of at least 4 members (excludes halogenated alkanes) is 1. The molecule has 32 heavy (non-hydrogen) atoms. The molecular formula is C21H30ClN5O4S. The fourth-order valence-electron chi connectivity index (χ4n) is 3.09. The summed E-state index contributed by atoms with van der Waals surface area (Å²) in [6, 6.07) is 0. The van der Waals surface area contributed by atoms with Gasteiger partial charge in [0, 0.05) is 36.5 Å². The lowest BCUT2D eigenvalue weighted by Crippen LogP contribution is -2.07. The summed E-state index contributed by atoms with van der Waals surface area (Å²) in [5.74, 6) is 7.07. The van der Waals surface area contributed by atoms with Crippen molar-refractivity contribution in [2.24, 2.45) is 0 Å². The van der Waals surface area contributed by atoms with Crippen LogP contribution in [0.4, 0.5) is 5.95 Å². The van der Waals surface area contributed by atoms with Crippen molar-refractivity contribution in [3.05, 3.63) is 39.9 Å². The third-order valence-electron chi connectivity index (χ3n) is 4.44. The molecule has 0 aliphatic carbocycles. The van der Waals surface area contributed by atoms with Crippen molar-refractivity contribution in [2.75, 3.05) is 25.7 Å². The number of nitrogen functional groups attached to an aromatic ring is 1. The minimum Gasteiger partial charge on any atom is -0.496 e. The van der Waals surface area contributed by atoms with Crippen LogP contribution in [0.5, 0.6) is 5.75 Å². The van der Waals surface area contributed by atoms with Gasteiger partial charge in [-0.15, -0.1) is 0 Å². The van der Waals surface area contributed by atoms with Crippen LogP contribution in [0.1, 0.15) is 35.2 Å². The average Bonchev–Trinajstić information content (AvgIpc) is 3.07. The normalized spacial score (nSPS) is 9.59. The van der Waals surface area contributed by atoms with Crippen molar-refractivity contribution >= 4 is 41.2 Å². The van der Waals surface area contributed by atoms with Gasteiger partial charge in [0.05, 0.1) is 30.3 Å². The molecular weight excluding hydrogens is 454 g/mol. The van der Waals surface area contributed by atoms with Gasteiger partial charge in [0.1, 0.15) is 16.5 Å². The summed E-state index contributed by atoms with van der Waals surface area (Å²) in [7, 11) is 1.65. The molecule has 7 N–H and O–H groups in total. The Morgan fingerprint density at radius 1 is 1.25 bits per heavy atom. The van der Waals surface area contributed by atoms with E-state index in [1.54, 1.807) is 19.6 Å². The fraction of sp³-hybridized carbons (Fsp3) is 0.381. The van der Waals surface area contributed by atoms with E-state index in [-0.39, 0.29) is 28.7 Å². The van der Waals surface area contributed by atoms with Crippen LogP contribution in [-0.2, 0) is 6.54 Å². The summed E-state index contributed by atoms with van der Waals surface area (Å²) in [5, 5.41) is 9.84. The van der Waals surface area contributed by atoms with Crippen molar-refractivity contribution < 1.29 is 20.8 Å². The molecule has 0 saturated heterocycles. The Bertz CT molecular complexity index is 1100. The summed E-state index contributed by atoms with van der Waals surface area (Å²) in [4.78, 5) is 13.0. The van der Waals surface area contributed by atoms with Gasteiger partial charge in [0.25, 0.3) is 0 Å². The molecule has 0 aliphatic rings. The zero-order valence-corrected chi connectivity index (χ0v) is 20.2. The van der Waals surface area contributed by atoms with Gasteiger partial charge < -0.3 is 31.1 Å². The summed E-state index contributed by atoms with van der Waals surface area (Å²) in [6.45, 7) is 4.51. The summed E-state index contributed by atoms with van der Waals surface area (Å²) in [6.07, 6.45) is 6.57. The van der Waals surface area contributed by atoms with Gasteiger partial charge in [-0.1, -0.05) is 23.4 Å². The van der Waals surface area contributed by atoms with Crippen LogP contribution >= 0.6 is 24.2 Å². The van der Waals surface area contributed by atoms with E-state index in [0.717, 1.165) is 28.1 Å². The van der Waals surface area contributed by atoms with Crippen LogP contribution in [0.3, 0.4) is 0 Å². The summed E-state index contributed by atoms with van der Waals surface area (Å²) < 4.78 is 7.42. The molecule has 0 bridgehead atoms. The molecule has 0 spiro atoms. The van der Waals surface area contributed by atoms with Gasteiger partial charge in [-0.3, -0.25) is 4.98 Å². The van der Waals surface area contributed by atoms with E-state index in [4.69, 9.17) is 27.2 Å². The number of aromatic nitrogens is 4. The first kappa shape index (κ1) is 29.5. The highest BCUT2D eigenvalue weighted by Crippen LogP contribution is 2.29. The van der Waals surface area contributed by atoms with Crippen molar-refractivity contribution in [3.8, 4) is 17.6 Å². The van der Waals surface area contributed by atoms with E-state index >= 15 is 0 Å². The lowest BCUT2D eigenvalue weighted by molar-refractivity contribution is 0.290. The highest BCUT2D eigenvalue weighted by molar-refractivity contribution is 7.79. The van der Waals surface area contributed by atoms with Crippen LogP contribution in [0, 0.1) is 25.7 Å². The van der Waals surface area contributed by atoms with Crippen molar-refractivity contribution in [2.45, 2.75) is 33.2 Å². The number of aryl methyl sites for hydroxylation is 1. The van der Waals surface area contributed by atoms with Gasteiger partial charge in [-0.2, -0.15) is 17.6 Å². The monoisotopic (exact) mass is 483 g/mol. The minimum absolute atomic E-state index is 0. The minimum atomic E-state index is 0. The second-order valence-corrected chi connectivity index (χ2v) is 6.78. The summed E-state index contributed by atoms with van der Waals surface area (Å²) in [5.41, 5.74) is 9.93. The van der Waals surface area contributed by atoms with E-state index in [0.29, 0.717) is 30.4 Å². The number of pyridine rings is 1. The SMILES string of the molecule is COc1c(C)cnc(Cn2cc(C#CCCCO)c3c(Cl)nc(N)nc32)c1C.CS.O.O. The number of rotatable bonds is 5. The Morgan fingerprint density at radius 3 is 2.56 bits per heavy atom. The molecule has 0 radical (unpaired) electrons. The van der Waals surface area contributed by atoms with Crippen molar-refractivity contribution in [1.82, 2.24) is 19.5 Å². The standard InChI is InChI=1S/C20H22ClN5O2.CH4S.2H2O/c1-12-9-23-15(13(2)17(12)28-3)11-26-10-14(7-5-4-6-8-27)16-18(21)24-20(22)25-19(16)26;1-2;;/h9-10,27H,4,6,8,11H2,1-3H3,(H2,22,24,25);2H,1H3;2*1H2. The van der Waals surface area contributed by atoms with Crippen molar-refractivity contribution in [3.63, 3.8) is 0 Å². The fourth-order valence-corrected chi connectivity index (χ4v) is 3.36. The number of thiol groups is 1. The van der Waals surface area contributed by atoms with Crippen LogP contribution < -0.4 is 10.5 Å². The van der Waals surface area contributed by atoms with Gasteiger partial charge >= 0.3 is 0 Å². The Hall–Kier alpha value is -2.55.